The Bertz CT molecular complexity index is 1020. The minimum Gasteiger partial charge on any atom is -0.497 e. The molecular formula is C22H24N4O4. The standard InChI is InChI=1S/C22H24N4O4/c1-26-10-9-23-21(26)20(16-4-6-17(28-2)7-5-16)25-22(27)24-14-15-3-8-18-19(13-15)30-12-11-29-18/h3-10,13,20H,11-12,14H2,1-2H3,(H2,24,25,27)/t20-/m0/s1. The van der Waals surface area contributed by atoms with Gasteiger partial charge in [0.15, 0.2) is 11.5 Å². The van der Waals surface area contributed by atoms with Crippen LogP contribution in [0.25, 0.3) is 0 Å². The number of nitrogens with one attached hydrogen (secondary N) is 2. The van der Waals surface area contributed by atoms with E-state index in [1.54, 1.807) is 13.3 Å². The molecule has 0 fully saturated rings. The zero-order valence-electron chi connectivity index (χ0n) is 16.9. The van der Waals surface area contributed by atoms with Gasteiger partial charge in [-0.1, -0.05) is 18.2 Å². The van der Waals surface area contributed by atoms with Gasteiger partial charge in [-0.05, 0) is 35.4 Å². The summed E-state index contributed by atoms with van der Waals surface area (Å²) in [5, 5.41) is 5.92. The quantitative estimate of drug-likeness (QED) is 0.655. The molecule has 1 aromatic heterocycles. The Morgan fingerprint density at radius 1 is 1.17 bits per heavy atom. The van der Waals surface area contributed by atoms with Gasteiger partial charge >= 0.3 is 6.03 Å². The number of fused-ring (bicyclic) bond motifs is 1. The molecular weight excluding hydrogens is 384 g/mol. The maximum atomic E-state index is 12.7. The van der Waals surface area contributed by atoms with Gasteiger partial charge < -0.3 is 29.4 Å². The van der Waals surface area contributed by atoms with E-state index in [-0.39, 0.29) is 6.03 Å². The average molecular weight is 408 g/mol. The summed E-state index contributed by atoms with van der Waals surface area (Å²) in [6.45, 7) is 1.43. The fourth-order valence-electron chi connectivity index (χ4n) is 3.31. The largest absolute Gasteiger partial charge is 0.497 e. The van der Waals surface area contributed by atoms with Crippen LogP contribution in [0.1, 0.15) is 23.0 Å². The van der Waals surface area contributed by atoms with Crippen molar-refractivity contribution in [3.63, 3.8) is 0 Å². The van der Waals surface area contributed by atoms with E-state index in [0.717, 1.165) is 28.5 Å². The van der Waals surface area contributed by atoms with Gasteiger partial charge in [-0.15, -0.1) is 0 Å². The van der Waals surface area contributed by atoms with E-state index in [4.69, 9.17) is 14.2 Å². The summed E-state index contributed by atoms with van der Waals surface area (Å²) in [5.41, 5.74) is 1.83. The van der Waals surface area contributed by atoms with E-state index in [1.807, 2.05) is 60.3 Å². The summed E-state index contributed by atoms with van der Waals surface area (Å²) in [4.78, 5) is 17.1. The highest BCUT2D eigenvalue weighted by Gasteiger charge is 2.21. The molecule has 8 heteroatoms. The Labute approximate surface area is 174 Å². The third-order valence-corrected chi connectivity index (χ3v) is 4.90. The number of hydrogen-bond donors (Lipinski definition) is 2. The zero-order chi connectivity index (χ0) is 20.9. The molecule has 3 aromatic rings. The van der Waals surface area contributed by atoms with Gasteiger partial charge in [-0.2, -0.15) is 0 Å². The van der Waals surface area contributed by atoms with E-state index in [9.17, 15) is 4.79 Å². The molecule has 0 bridgehead atoms. The maximum absolute atomic E-state index is 12.7. The van der Waals surface area contributed by atoms with Gasteiger partial charge in [0, 0.05) is 26.0 Å². The van der Waals surface area contributed by atoms with E-state index in [2.05, 4.69) is 15.6 Å². The second-order valence-electron chi connectivity index (χ2n) is 6.91. The molecule has 1 atom stereocenters. The molecule has 0 radical (unpaired) electrons. The third-order valence-electron chi connectivity index (χ3n) is 4.90. The summed E-state index contributed by atoms with van der Waals surface area (Å²) in [6.07, 6.45) is 3.56. The topological polar surface area (TPSA) is 86.6 Å². The van der Waals surface area contributed by atoms with Gasteiger partial charge in [0.2, 0.25) is 0 Å². The Morgan fingerprint density at radius 3 is 2.63 bits per heavy atom. The van der Waals surface area contributed by atoms with Crippen molar-refractivity contribution in [3.05, 3.63) is 71.8 Å². The fourth-order valence-corrected chi connectivity index (χ4v) is 3.31. The number of benzene rings is 2. The number of rotatable bonds is 6. The van der Waals surface area contributed by atoms with Gasteiger partial charge in [-0.25, -0.2) is 9.78 Å². The van der Waals surface area contributed by atoms with Gasteiger partial charge in [0.25, 0.3) is 0 Å². The van der Waals surface area contributed by atoms with Crippen LogP contribution in [0.3, 0.4) is 0 Å². The molecule has 2 heterocycles. The number of carbonyl (C=O) groups excluding carboxylic acids is 1. The predicted molar refractivity (Wildman–Crippen MR) is 111 cm³/mol. The Balaban J connectivity index is 1.46. The predicted octanol–water partition coefficient (Wildman–Crippen LogP) is 2.79. The fraction of sp³-hybridized carbons (Fsp3) is 0.273. The smallest absolute Gasteiger partial charge is 0.315 e. The molecule has 0 unspecified atom stereocenters. The summed E-state index contributed by atoms with van der Waals surface area (Å²) in [6, 6.07) is 12.5. The summed E-state index contributed by atoms with van der Waals surface area (Å²) >= 11 is 0. The Morgan fingerprint density at radius 2 is 1.93 bits per heavy atom. The number of aromatic nitrogens is 2. The van der Waals surface area contributed by atoms with Crippen molar-refractivity contribution < 1.29 is 19.0 Å². The Hall–Kier alpha value is -3.68. The molecule has 0 aliphatic carbocycles. The second kappa shape index (κ2) is 8.77. The molecule has 1 aliphatic heterocycles. The van der Waals surface area contributed by atoms with Crippen molar-refractivity contribution in [2.75, 3.05) is 20.3 Å². The first-order valence-electron chi connectivity index (χ1n) is 9.68. The van der Waals surface area contributed by atoms with Crippen molar-refractivity contribution in [2.24, 2.45) is 7.05 Å². The van der Waals surface area contributed by atoms with Crippen LogP contribution in [0, 0.1) is 0 Å². The molecule has 0 saturated heterocycles. The van der Waals surface area contributed by atoms with Crippen molar-refractivity contribution in [1.29, 1.82) is 0 Å². The lowest BCUT2D eigenvalue weighted by molar-refractivity contribution is 0.171. The molecule has 0 spiro atoms. The van der Waals surface area contributed by atoms with E-state index < -0.39 is 6.04 Å². The second-order valence-corrected chi connectivity index (χ2v) is 6.91. The van der Waals surface area contributed by atoms with E-state index >= 15 is 0 Å². The number of hydrogen-bond acceptors (Lipinski definition) is 5. The monoisotopic (exact) mass is 408 g/mol. The highest BCUT2D eigenvalue weighted by Crippen LogP contribution is 2.30. The third kappa shape index (κ3) is 4.32. The number of imidazole rings is 1. The number of urea groups is 1. The van der Waals surface area contributed by atoms with Gasteiger partial charge in [0.1, 0.15) is 30.8 Å². The van der Waals surface area contributed by atoms with Crippen LogP contribution in [0.5, 0.6) is 17.2 Å². The summed E-state index contributed by atoms with van der Waals surface area (Å²) in [7, 11) is 3.52. The normalized spacial score (nSPS) is 13.4. The highest BCUT2D eigenvalue weighted by atomic mass is 16.6. The zero-order valence-corrected chi connectivity index (χ0v) is 16.9. The number of carbonyl (C=O) groups is 1. The van der Waals surface area contributed by atoms with Crippen LogP contribution in [0.2, 0.25) is 0 Å². The molecule has 8 nitrogen and oxygen atoms in total. The van der Waals surface area contributed by atoms with Crippen molar-refractivity contribution in [3.8, 4) is 17.2 Å². The van der Waals surface area contributed by atoms with Gasteiger partial charge in [0.05, 0.1) is 7.11 Å². The van der Waals surface area contributed by atoms with Gasteiger partial charge in [-0.3, -0.25) is 0 Å². The molecule has 2 amide bonds. The van der Waals surface area contributed by atoms with Crippen molar-refractivity contribution in [2.45, 2.75) is 12.6 Å². The van der Waals surface area contributed by atoms with Crippen LogP contribution in [-0.4, -0.2) is 35.9 Å². The van der Waals surface area contributed by atoms with E-state index in [1.165, 1.54) is 0 Å². The average Bonchev–Trinajstić information content (AvgIpc) is 3.21. The molecule has 2 N–H and O–H groups in total. The number of nitrogens with zero attached hydrogens (tertiary/aromatic N) is 2. The van der Waals surface area contributed by atoms with E-state index in [0.29, 0.717) is 25.5 Å². The van der Waals surface area contributed by atoms with Crippen LogP contribution in [0.4, 0.5) is 4.79 Å². The first kappa shape index (κ1) is 19.6. The lowest BCUT2D eigenvalue weighted by Crippen LogP contribution is -2.38. The minimum atomic E-state index is -0.406. The van der Waals surface area contributed by atoms with Crippen molar-refractivity contribution >= 4 is 6.03 Å². The number of aryl methyl sites for hydroxylation is 1. The maximum Gasteiger partial charge on any atom is 0.315 e. The number of ether oxygens (including phenoxy) is 3. The molecule has 30 heavy (non-hydrogen) atoms. The van der Waals surface area contributed by atoms with Crippen LogP contribution in [-0.2, 0) is 13.6 Å². The lowest BCUT2D eigenvalue weighted by atomic mass is 10.1. The molecule has 4 rings (SSSR count). The van der Waals surface area contributed by atoms with Crippen LogP contribution < -0.4 is 24.8 Å². The molecule has 1 aliphatic rings. The number of methoxy groups -OCH3 is 1. The van der Waals surface area contributed by atoms with Crippen LogP contribution in [0.15, 0.2) is 54.9 Å². The summed E-state index contributed by atoms with van der Waals surface area (Å²) in [5.74, 6) is 2.91. The minimum absolute atomic E-state index is 0.297. The van der Waals surface area contributed by atoms with Crippen molar-refractivity contribution in [1.82, 2.24) is 20.2 Å². The molecule has 2 aromatic carbocycles. The lowest BCUT2D eigenvalue weighted by Gasteiger charge is -2.21. The van der Waals surface area contributed by atoms with Crippen LogP contribution >= 0.6 is 0 Å². The first-order valence-corrected chi connectivity index (χ1v) is 9.68. The molecule has 0 saturated carbocycles. The first-order chi connectivity index (χ1) is 14.6. The summed E-state index contributed by atoms with van der Waals surface area (Å²) < 4.78 is 18.2. The Kier molecular flexibility index (Phi) is 5.74. The SMILES string of the molecule is COc1ccc([C@H](NC(=O)NCc2ccc3c(c2)OCCO3)c2nccn2C)cc1. The highest BCUT2D eigenvalue weighted by molar-refractivity contribution is 5.75. The number of amides is 2. The molecule has 156 valence electrons.